The zero-order valence-corrected chi connectivity index (χ0v) is 9.32. The van der Waals surface area contributed by atoms with Crippen LogP contribution in [-0.2, 0) is 6.54 Å². The molecule has 82 valence electrons. The summed E-state index contributed by atoms with van der Waals surface area (Å²) in [5.41, 5.74) is 1.18. The average Bonchev–Trinajstić information content (AvgIpc) is 2.29. The van der Waals surface area contributed by atoms with Crippen molar-refractivity contribution in [3.8, 4) is 0 Å². The lowest BCUT2D eigenvalue weighted by Crippen LogP contribution is -2.36. The number of hydrogen-bond donors (Lipinski definition) is 1. The third-order valence-corrected chi connectivity index (χ3v) is 3.29. The van der Waals surface area contributed by atoms with Crippen molar-refractivity contribution < 1.29 is 0 Å². The maximum absolute atomic E-state index is 4.02. The molecule has 2 rings (SSSR count). The van der Waals surface area contributed by atoms with Gasteiger partial charge in [-0.05, 0) is 18.8 Å². The highest BCUT2D eigenvalue weighted by Gasteiger charge is 2.20. The van der Waals surface area contributed by atoms with Crippen molar-refractivity contribution in [2.24, 2.45) is 5.92 Å². The summed E-state index contributed by atoms with van der Waals surface area (Å²) < 4.78 is 0. The van der Waals surface area contributed by atoms with E-state index < -0.39 is 0 Å². The molecule has 0 saturated heterocycles. The monoisotopic (exact) mass is 205 g/mol. The van der Waals surface area contributed by atoms with Crippen LogP contribution >= 0.6 is 0 Å². The molecule has 0 aliphatic heterocycles. The van der Waals surface area contributed by atoms with E-state index in [-0.39, 0.29) is 0 Å². The maximum atomic E-state index is 4.02. The Morgan fingerprint density at radius 1 is 1.27 bits per heavy atom. The van der Waals surface area contributed by atoms with E-state index in [0.717, 1.165) is 12.5 Å². The van der Waals surface area contributed by atoms with Gasteiger partial charge in [-0.25, -0.2) is 9.97 Å². The quantitative estimate of drug-likeness (QED) is 0.821. The van der Waals surface area contributed by atoms with Crippen molar-refractivity contribution in [2.45, 2.75) is 45.2 Å². The van der Waals surface area contributed by atoms with Gasteiger partial charge in [0.25, 0.3) is 0 Å². The standard InChI is InChI=1S/C12H19N3/c1-10-4-2-3-5-12(10)15-8-11-6-13-9-14-7-11/h6-7,9-10,12,15H,2-5,8H2,1H3/t10-,12+/m0/s1. The first-order valence-electron chi connectivity index (χ1n) is 5.83. The van der Waals surface area contributed by atoms with E-state index in [1.54, 1.807) is 6.33 Å². The molecule has 1 aromatic heterocycles. The highest BCUT2D eigenvalue weighted by atomic mass is 14.9. The normalized spacial score (nSPS) is 26.5. The summed E-state index contributed by atoms with van der Waals surface area (Å²) in [4.78, 5) is 8.03. The SMILES string of the molecule is C[C@H]1CCCC[C@H]1NCc1cncnc1. The van der Waals surface area contributed by atoms with Crippen LogP contribution in [0.2, 0.25) is 0 Å². The molecule has 1 heterocycles. The van der Waals surface area contributed by atoms with E-state index in [9.17, 15) is 0 Å². The van der Waals surface area contributed by atoms with Crippen LogP contribution in [0.5, 0.6) is 0 Å². The number of aromatic nitrogens is 2. The van der Waals surface area contributed by atoms with Gasteiger partial charge in [0.2, 0.25) is 0 Å². The van der Waals surface area contributed by atoms with Crippen LogP contribution in [0, 0.1) is 5.92 Å². The first kappa shape index (κ1) is 10.6. The summed E-state index contributed by atoms with van der Waals surface area (Å²) in [6, 6.07) is 0.680. The predicted octanol–water partition coefficient (Wildman–Crippen LogP) is 2.14. The number of nitrogens with zero attached hydrogens (tertiary/aromatic N) is 2. The third kappa shape index (κ3) is 2.99. The molecule has 3 heteroatoms. The molecule has 0 amide bonds. The molecule has 0 unspecified atom stereocenters. The van der Waals surface area contributed by atoms with E-state index >= 15 is 0 Å². The van der Waals surface area contributed by atoms with E-state index in [0.29, 0.717) is 6.04 Å². The second kappa shape index (κ2) is 5.21. The van der Waals surface area contributed by atoms with Crippen molar-refractivity contribution in [3.63, 3.8) is 0 Å². The summed E-state index contributed by atoms with van der Waals surface area (Å²) >= 11 is 0. The molecule has 1 fully saturated rings. The lowest BCUT2D eigenvalue weighted by molar-refractivity contribution is 0.279. The predicted molar refractivity (Wildman–Crippen MR) is 60.3 cm³/mol. The molecule has 1 aliphatic rings. The van der Waals surface area contributed by atoms with Crippen LogP contribution in [0.1, 0.15) is 38.2 Å². The molecule has 0 bridgehead atoms. The summed E-state index contributed by atoms with van der Waals surface area (Å²) in [5, 5.41) is 3.61. The summed E-state index contributed by atoms with van der Waals surface area (Å²) in [5.74, 6) is 0.809. The highest BCUT2D eigenvalue weighted by Crippen LogP contribution is 2.23. The molecule has 1 N–H and O–H groups in total. The molecule has 1 aromatic rings. The fourth-order valence-electron chi connectivity index (χ4n) is 2.29. The maximum Gasteiger partial charge on any atom is 0.115 e. The fourth-order valence-corrected chi connectivity index (χ4v) is 2.29. The van der Waals surface area contributed by atoms with E-state index in [1.165, 1.54) is 31.2 Å². The Balaban J connectivity index is 1.82. The van der Waals surface area contributed by atoms with Crippen LogP contribution in [-0.4, -0.2) is 16.0 Å². The van der Waals surface area contributed by atoms with Gasteiger partial charge in [0.1, 0.15) is 6.33 Å². The number of nitrogens with one attached hydrogen (secondary N) is 1. The third-order valence-electron chi connectivity index (χ3n) is 3.29. The molecule has 1 aliphatic carbocycles. The Kier molecular flexibility index (Phi) is 3.67. The largest absolute Gasteiger partial charge is 0.310 e. The van der Waals surface area contributed by atoms with Crippen molar-refractivity contribution in [2.75, 3.05) is 0 Å². The molecule has 0 spiro atoms. The van der Waals surface area contributed by atoms with Crippen molar-refractivity contribution in [1.82, 2.24) is 15.3 Å². The molecular weight excluding hydrogens is 186 g/mol. The van der Waals surface area contributed by atoms with Gasteiger partial charge in [0.05, 0.1) is 0 Å². The Bertz CT molecular complexity index is 286. The van der Waals surface area contributed by atoms with Gasteiger partial charge in [-0.1, -0.05) is 19.8 Å². The Morgan fingerprint density at radius 3 is 2.73 bits per heavy atom. The molecule has 3 nitrogen and oxygen atoms in total. The van der Waals surface area contributed by atoms with E-state index in [4.69, 9.17) is 0 Å². The van der Waals surface area contributed by atoms with Gasteiger partial charge >= 0.3 is 0 Å². The molecule has 1 saturated carbocycles. The lowest BCUT2D eigenvalue weighted by Gasteiger charge is -2.29. The Hall–Kier alpha value is -0.960. The van der Waals surface area contributed by atoms with Gasteiger partial charge < -0.3 is 5.32 Å². The number of hydrogen-bond acceptors (Lipinski definition) is 3. The van der Waals surface area contributed by atoms with E-state index in [1.807, 2.05) is 12.4 Å². The van der Waals surface area contributed by atoms with Crippen LogP contribution < -0.4 is 5.32 Å². The van der Waals surface area contributed by atoms with Crippen LogP contribution in [0.25, 0.3) is 0 Å². The van der Waals surface area contributed by atoms with Gasteiger partial charge in [-0.2, -0.15) is 0 Å². The summed E-state index contributed by atoms with van der Waals surface area (Å²) in [7, 11) is 0. The Morgan fingerprint density at radius 2 is 2.00 bits per heavy atom. The molecule has 2 atom stereocenters. The smallest absolute Gasteiger partial charge is 0.115 e. The van der Waals surface area contributed by atoms with Crippen molar-refractivity contribution in [1.29, 1.82) is 0 Å². The molecule has 0 radical (unpaired) electrons. The summed E-state index contributed by atoms with van der Waals surface area (Å²) in [6.45, 7) is 3.24. The first-order valence-corrected chi connectivity index (χ1v) is 5.83. The van der Waals surface area contributed by atoms with Crippen molar-refractivity contribution >= 4 is 0 Å². The van der Waals surface area contributed by atoms with Gasteiger partial charge in [-0.3, -0.25) is 0 Å². The minimum absolute atomic E-state index is 0.680. The second-order valence-electron chi connectivity index (χ2n) is 4.50. The minimum atomic E-state index is 0.680. The van der Waals surface area contributed by atoms with Crippen molar-refractivity contribution in [3.05, 3.63) is 24.3 Å². The zero-order chi connectivity index (χ0) is 10.5. The van der Waals surface area contributed by atoms with Gasteiger partial charge in [0.15, 0.2) is 0 Å². The second-order valence-corrected chi connectivity index (χ2v) is 4.50. The molecular formula is C12H19N3. The Labute approximate surface area is 91.3 Å². The molecule has 0 aromatic carbocycles. The fraction of sp³-hybridized carbons (Fsp3) is 0.667. The summed E-state index contributed by atoms with van der Waals surface area (Å²) in [6.07, 6.45) is 10.8. The first-order chi connectivity index (χ1) is 7.36. The van der Waals surface area contributed by atoms with Crippen LogP contribution in [0.15, 0.2) is 18.7 Å². The average molecular weight is 205 g/mol. The van der Waals surface area contributed by atoms with Crippen LogP contribution in [0.3, 0.4) is 0 Å². The number of rotatable bonds is 3. The zero-order valence-electron chi connectivity index (χ0n) is 9.32. The van der Waals surface area contributed by atoms with Crippen LogP contribution in [0.4, 0.5) is 0 Å². The highest BCUT2D eigenvalue weighted by molar-refractivity contribution is 5.02. The van der Waals surface area contributed by atoms with Gasteiger partial charge in [0, 0.05) is 30.5 Å². The molecule has 15 heavy (non-hydrogen) atoms. The minimum Gasteiger partial charge on any atom is -0.310 e. The van der Waals surface area contributed by atoms with E-state index in [2.05, 4.69) is 22.2 Å². The topological polar surface area (TPSA) is 37.8 Å². The van der Waals surface area contributed by atoms with Gasteiger partial charge in [-0.15, -0.1) is 0 Å². The lowest BCUT2D eigenvalue weighted by atomic mass is 9.86.